The molecule has 2 aromatic heterocycles. The number of oxazole rings is 1. The summed E-state index contributed by atoms with van der Waals surface area (Å²) in [6.07, 6.45) is 8.17. The second-order valence-electron chi connectivity index (χ2n) is 11.3. The quantitative estimate of drug-likeness (QED) is 0.292. The third-order valence-electron chi connectivity index (χ3n) is 8.37. The number of ether oxygens (including phenoxy) is 1. The molecule has 1 saturated heterocycles. The second-order valence-corrected chi connectivity index (χ2v) is 11.3. The second kappa shape index (κ2) is 12.4. The lowest BCUT2D eigenvalue weighted by atomic mass is 9.92. The Bertz CT molecular complexity index is 1350. The van der Waals surface area contributed by atoms with Crippen molar-refractivity contribution < 1.29 is 19.1 Å². The fourth-order valence-corrected chi connectivity index (χ4v) is 5.54. The molecule has 1 saturated carbocycles. The minimum atomic E-state index is -0.756. The summed E-state index contributed by atoms with van der Waals surface area (Å²) in [4.78, 5) is 28.8. The average molecular weight is 562 g/mol. The smallest absolute Gasteiger partial charge is 0.270 e. The highest BCUT2D eigenvalue weighted by Gasteiger charge is 2.26. The van der Waals surface area contributed by atoms with Crippen LogP contribution in [0.1, 0.15) is 71.6 Å². The van der Waals surface area contributed by atoms with Crippen molar-refractivity contribution in [3.8, 4) is 5.75 Å². The molecule has 1 aromatic carbocycles. The van der Waals surface area contributed by atoms with Crippen LogP contribution in [0.3, 0.4) is 0 Å². The maximum atomic E-state index is 13.2. The molecule has 218 valence electrons. The third-order valence-corrected chi connectivity index (χ3v) is 8.37. The number of nitrogens with one attached hydrogen (secondary N) is 3. The van der Waals surface area contributed by atoms with Crippen LogP contribution in [0.25, 0.3) is 0 Å². The lowest BCUT2D eigenvalue weighted by molar-refractivity contribution is 0.0865. The highest BCUT2D eigenvalue weighted by Crippen LogP contribution is 2.26. The van der Waals surface area contributed by atoms with Crippen LogP contribution in [0.2, 0.25) is 0 Å². The van der Waals surface area contributed by atoms with Crippen LogP contribution in [-0.2, 0) is 19.6 Å². The molecule has 1 amide bonds. The molecule has 1 aliphatic carbocycles. The number of anilines is 2. The number of rotatable bonds is 10. The minimum absolute atomic E-state index is 0.123. The van der Waals surface area contributed by atoms with E-state index in [9.17, 15) is 9.90 Å². The number of nitrogens with zero attached hydrogens (tertiary/aromatic N) is 4. The number of aromatic nitrogens is 3. The van der Waals surface area contributed by atoms with Crippen molar-refractivity contribution in [2.75, 3.05) is 29.9 Å². The van der Waals surface area contributed by atoms with Crippen LogP contribution in [-0.4, -0.2) is 63.8 Å². The van der Waals surface area contributed by atoms with Gasteiger partial charge in [-0.05, 0) is 75.1 Å². The van der Waals surface area contributed by atoms with E-state index in [1.165, 1.54) is 19.2 Å². The van der Waals surface area contributed by atoms with Gasteiger partial charge >= 0.3 is 0 Å². The predicted octanol–water partition coefficient (Wildman–Crippen LogP) is 3.11. The number of aryl methyl sites for hydroxylation is 1. The minimum Gasteiger partial charge on any atom is -0.486 e. The van der Waals surface area contributed by atoms with Crippen LogP contribution in [0.15, 0.2) is 35.1 Å². The number of amides is 1. The Labute approximate surface area is 240 Å². The van der Waals surface area contributed by atoms with E-state index >= 15 is 0 Å². The topological polar surface area (TPSA) is 138 Å². The molecule has 4 heterocycles. The van der Waals surface area contributed by atoms with E-state index in [4.69, 9.17) is 14.1 Å². The van der Waals surface area contributed by atoms with Crippen LogP contribution in [0.4, 0.5) is 11.8 Å². The Balaban J connectivity index is 1.05. The number of fused-ring (bicyclic) bond motifs is 1. The molecule has 11 nitrogen and oxygen atoms in total. The van der Waals surface area contributed by atoms with Crippen molar-refractivity contribution in [1.82, 2.24) is 25.6 Å². The van der Waals surface area contributed by atoms with Crippen LogP contribution in [0.5, 0.6) is 5.75 Å². The molecule has 0 spiro atoms. The van der Waals surface area contributed by atoms with Crippen molar-refractivity contribution in [2.24, 2.45) is 0 Å². The van der Waals surface area contributed by atoms with E-state index in [-0.39, 0.29) is 18.5 Å². The molecule has 1 unspecified atom stereocenters. The van der Waals surface area contributed by atoms with Gasteiger partial charge in [0.05, 0.1) is 11.8 Å². The summed E-state index contributed by atoms with van der Waals surface area (Å²) < 4.78 is 11.2. The summed E-state index contributed by atoms with van der Waals surface area (Å²) in [5.41, 5.74) is 3.42. The highest BCUT2D eigenvalue weighted by molar-refractivity contribution is 5.93. The van der Waals surface area contributed by atoms with E-state index < -0.39 is 6.10 Å². The normalized spacial score (nSPS) is 19.7. The molecule has 0 radical (unpaired) electrons. The van der Waals surface area contributed by atoms with Crippen LogP contribution in [0, 0.1) is 6.92 Å². The number of hydrogen-bond acceptors (Lipinski definition) is 10. The number of benzene rings is 1. The van der Waals surface area contributed by atoms with Gasteiger partial charge in [0.1, 0.15) is 23.9 Å². The largest absolute Gasteiger partial charge is 0.486 e. The summed E-state index contributed by atoms with van der Waals surface area (Å²) in [5.74, 6) is 2.46. The van der Waals surface area contributed by atoms with Crippen LogP contribution < -0.4 is 25.6 Å². The summed E-state index contributed by atoms with van der Waals surface area (Å²) in [6.45, 7) is 4.73. The molecule has 11 heteroatoms. The maximum Gasteiger partial charge on any atom is 0.270 e. The highest BCUT2D eigenvalue weighted by atomic mass is 16.5. The lowest BCUT2D eigenvalue weighted by Crippen LogP contribution is -2.49. The van der Waals surface area contributed by atoms with Crippen molar-refractivity contribution >= 4 is 17.7 Å². The third kappa shape index (κ3) is 6.62. The van der Waals surface area contributed by atoms with Crippen molar-refractivity contribution in [3.63, 3.8) is 0 Å². The Kier molecular flexibility index (Phi) is 8.33. The molecule has 0 bridgehead atoms. The molecule has 2 atom stereocenters. The first kappa shape index (κ1) is 27.5. The molecule has 4 N–H and O–H groups in total. The SMILES string of the molecule is Cc1ncoc1COc1ccc2c(c1)CN[C@H](C(O)CNC(=O)c1cc(NC3CCC3)nc(N3CCCCC3)n1)C2. The fraction of sp³-hybridized carbons (Fsp3) is 0.533. The van der Waals surface area contributed by atoms with Gasteiger partial charge in [-0.25, -0.2) is 9.97 Å². The Morgan fingerprint density at radius 2 is 2.02 bits per heavy atom. The number of hydrogen-bond donors (Lipinski definition) is 4. The number of carbonyl (C=O) groups is 1. The summed E-state index contributed by atoms with van der Waals surface area (Å²) in [7, 11) is 0. The van der Waals surface area contributed by atoms with E-state index in [2.05, 4.69) is 30.8 Å². The monoisotopic (exact) mass is 561 g/mol. The molecule has 41 heavy (non-hydrogen) atoms. The van der Waals surface area contributed by atoms with Crippen molar-refractivity contribution in [1.29, 1.82) is 0 Å². The van der Waals surface area contributed by atoms with E-state index in [1.807, 2.05) is 25.1 Å². The lowest BCUT2D eigenvalue weighted by Gasteiger charge is -2.30. The van der Waals surface area contributed by atoms with Crippen molar-refractivity contribution in [3.05, 3.63) is 58.9 Å². The molecular weight excluding hydrogens is 522 g/mol. The molecule has 3 aliphatic rings. The zero-order valence-corrected chi connectivity index (χ0v) is 23.6. The zero-order valence-electron chi connectivity index (χ0n) is 23.6. The first-order valence-electron chi connectivity index (χ1n) is 14.8. The van der Waals surface area contributed by atoms with Gasteiger partial charge in [-0.3, -0.25) is 4.79 Å². The summed E-state index contributed by atoms with van der Waals surface area (Å²) in [6, 6.07) is 7.94. The molecule has 3 aromatic rings. The van der Waals surface area contributed by atoms with Gasteiger partial charge in [-0.2, -0.15) is 4.98 Å². The summed E-state index contributed by atoms with van der Waals surface area (Å²) >= 11 is 0. The van der Waals surface area contributed by atoms with Gasteiger partial charge in [-0.1, -0.05) is 6.07 Å². The Morgan fingerprint density at radius 3 is 2.78 bits per heavy atom. The standard InChI is InChI=1S/C30H39N7O4/c1-19-27(41-18-33-19)17-40-23-9-8-20-13-24(31-15-21(20)12-23)26(38)16-32-29(39)25-14-28(34-22-6-5-7-22)36-30(35-25)37-10-3-2-4-11-37/h8-9,12,14,18,22,24,26,31,38H,2-7,10-11,13,15-17H2,1H3,(H,32,39)(H,34,35,36)/t24-,26?/m0/s1. The van der Waals surface area contributed by atoms with E-state index in [0.29, 0.717) is 48.8 Å². The maximum absolute atomic E-state index is 13.2. The molecule has 2 fully saturated rings. The average Bonchev–Trinajstić information content (AvgIpc) is 3.40. The molecule has 2 aliphatic heterocycles. The predicted molar refractivity (Wildman–Crippen MR) is 154 cm³/mol. The van der Waals surface area contributed by atoms with Gasteiger partial charge in [-0.15, -0.1) is 0 Å². The molecular formula is C30H39N7O4. The number of aliphatic hydroxyl groups excluding tert-OH is 1. The van der Waals surface area contributed by atoms with E-state index in [1.54, 1.807) is 6.07 Å². The summed E-state index contributed by atoms with van der Waals surface area (Å²) in [5, 5.41) is 20.7. The van der Waals surface area contributed by atoms with Gasteiger partial charge in [0.15, 0.2) is 12.2 Å². The number of piperidine rings is 1. The zero-order chi connectivity index (χ0) is 28.2. The Morgan fingerprint density at radius 1 is 1.17 bits per heavy atom. The van der Waals surface area contributed by atoms with Gasteiger partial charge in [0.25, 0.3) is 5.91 Å². The van der Waals surface area contributed by atoms with Gasteiger partial charge < -0.3 is 35.1 Å². The number of aliphatic hydroxyl groups is 1. The number of carbonyl (C=O) groups excluding carboxylic acids is 1. The van der Waals surface area contributed by atoms with E-state index in [0.717, 1.165) is 61.3 Å². The Hall–Kier alpha value is -3.70. The fourth-order valence-electron chi connectivity index (χ4n) is 5.54. The first-order chi connectivity index (χ1) is 20.0. The van der Waals surface area contributed by atoms with Crippen molar-refractivity contribution in [2.45, 2.75) is 83.2 Å². The van der Waals surface area contributed by atoms with Gasteiger partial charge in [0, 0.05) is 44.3 Å². The molecule has 6 rings (SSSR count). The first-order valence-corrected chi connectivity index (χ1v) is 14.8. The van der Waals surface area contributed by atoms with Crippen LogP contribution >= 0.6 is 0 Å². The van der Waals surface area contributed by atoms with Gasteiger partial charge in [0.2, 0.25) is 5.95 Å².